The van der Waals surface area contributed by atoms with Crippen LogP contribution in [0.2, 0.25) is 0 Å². The summed E-state index contributed by atoms with van der Waals surface area (Å²) in [5.74, 6) is -0.643. The van der Waals surface area contributed by atoms with Gasteiger partial charge in [-0.3, -0.25) is 19.3 Å². The number of hydrogen-bond acceptors (Lipinski definition) is 5. The maximum absolute atomic E-state index is 12.5. The lowest BCUT2D eigenvalue weighted by Gasteiger charge is -2.35. The first-order chi connectivity index (χ1) is 12.7. The maximum atomic E-state index is 12.5. The van der Waals surface area contributed by atoms with Crippen LogP contribution < -0.4 is 0 Å². The molecule has 1 saturated carbocycles. The number of fused-ring (bicyclic) bond motifs is 1. The van der Waals surface area contributed by atoms with Gasteiger partial charge in [0.1, 0.15) is 0 Å². The van der Waals surface area contributed by atoms with E-state index in [0.717, 1.165) is 25.7 Å². The summed E-state index contributed by atoms with van der Waals surface area (Å²) in [6.07, 6.45) is 6.06. The SMILES string of the molecule is CN(C1CCN(C(=O)CCN2C(=O)C3CCCCC3C2=O)CC1)S(C)(=O)=O. The summed E-state index contributed by atoms with van der Waals surface area (Å²) in [5.41, 5.74) is 0. The van der Waals surface area contributed by atoms with Gasteiger partial charge in [-0.25, -0.2) is 12.7 Å². The molecule has 0 spiro atoms. The molecule has 2 saturated heterocycles. The molecular formula is C18H29N3O5S. The number of carbonyl (C=O) groups excluding carboxylic acids is 3. The minimum Gasteiger partial charge on any atom is -0.343 e. The molecule has 0 aromatic rings. The van der Waals surface area contributed by atoms with Gasteiger partial charge in [-0.15, -0.1) is 0 Å². The van der Waals surface area contributed by atoms with Crippen molar-refractivity contribution in [3.05, 3.63) is 0 Å². The van der Waals surface area contributed by atoms with Gasteiger partial charge in [-0.2, -0.15) is 0 Å². The molecule has 3 fully saturated rings. The van der Waals surface area contributed by atoms with Gasteiger partial charge in [0.15, 0.2) is 0 Å². The maximum Gasteiger partial charge on any atom is 0.233 e. The summed E-state index contributed by atoms with van der Waals surface area (Å²) in [4.78, 5) is 40.4. The number of rotatable bonds is 5. The van der Waals surface area contributed by atoms with Crippen LogP contribution in [0.4, 0.5) is 0 Å². The molecule has 0 bridgehead atoms. The molecular weight excluding hydrogens is 370 g/mol. The smallest absolute Gasteiger partial charge is 0.233 e. The number of imide groups is 1. The van der Waals surface area contributed by atoms with Crippen molar-refractivity contribution in [1.29, 1.82) is 0 Å². The Hall–Kier alpha value is -1.48. The predicted octanol–water partition coefficient (Wildman–Crippen LogP) is 0.434. The van der Waals surface area contributed by atoms with Crippen molar-refractivity contribution in [2.24, 2.45) is 11.8 Å². The molecule has 8 nitrogen and oxygen atoms in total. The molecule has 2 heterocycles. The van der Waals surface area contributed by atoms with E-state index in [9.17, 15) is 22.8 Å². The van der Waals surface area contributed by atoms with Crippen LogP contribution in [-0.4, -0.2) is 79.2 Å². The van der Waals surface area contributed by atoms with E-state index in [2.05, 4.69) is 0 Å². The Labute approximate surface area is 160 Å². The van der Waals surface area contributed by atoms with Gasteiger partial charge in [-0.1, -0.05) is 12.8 Å². The number of amides is 3. The highest BCUT2D eigenvalue weighted by molar-refractivity contribution is 7.88. The quantitative estimate of drug-likeness (QED) is 0.625. The lowest BCUT2D eigenvalue weighted by atomic mass is 9.81. The summed E-state index contributed by atoms with van der Waals surface area (Å²) < 4.78 is 24.7. The molecule has 3 rings (SSSR count). The molecule has 0 N–H and O–H groups in total. The number of piperidine rings is 1. The zero-order valence-corrected chi connectivity index (χ0v) is 16.9. The summed E-state index contributed by atoms with van der Waals surface area (Å²) in [7, 11) is -1.67. The molecule has 1 aliphatic carbocycles. The lowest BCUT2D eigenvalue weighted by Crippen LogP contribution is -2.47. The third-order valence-corrected chi connectivity index (χ3v) is 7.68. The summed E-state index contributed by atoms with van der Waals surface area (Å²) >= 11 is 0. The normalized spacial score (nSPS) is 27.4. The van der Waals surface area contributed by atoms with Crippen LogP contribution in [0.3, 0.4) is 0 Å². The molecule has 27 heavy (non-hydrogen) atoms. The number of nitrogens with zero attached hydrogens (tertiary/aromatic N) is 3. The van der Waals surface area contributed by atoms with Gasteiger partial charge in [-0.05, 0) is 25.7 Å². The van der Waals surface area contributed by atoms with Gasteiger partial charge in [0.2, 0.25) is 27.7 Å². The fraction of sp³-hybridized carbons (Fsp3) is 0.833. The van der Waals surface area contributed by atoms with E-state index in [1.807, 2.05) is 0 Å². The van der Waals surface area contributed by atoms with Crippen molar-refractivity contribution in [3.63, 3.8) is 0 Å². The van der Waals surface area contributed by atoms with Crippen molar-refractivity contribution < 1.29 is 22.8 Å². The van der Waals surface area contributed by atoms with Crippen LogP contribution in [-0.2, 0) is 24.4 Å². The molecule has 152 valence electrons. The Morgan fingerprint density at radius 1 is 1.04 bits per heavy atom. The van der Waals surface area contributed by atoms with Crippen LogP contribution >= 0.6 is 0 Å². The molecule has 0 radical (unpaired) electrons. The van der Waals surface area contributed by atoms with Crippen LogP contribution in [0.25, 0.3) is 0 Å². The van der Waals surface area contributed by atoms with Crippen molar-refractivity contribution in [3.8, 4) is 0 Å². The predicted molar refractivity (Wildman–Crippen MR) is 99.0 cm³/mol. The van der Waals surface area contributed by atoms with Gasteiger partial charge >= 0.3 is 0 Å². The second-order valence-corrected chi connectivity index (χ2v) is 10.0. The van der Waals surface area contributed by atoms with Crippen molar-refractivity contribution in [1.82, 2.24) is 14.1 Å². The average molecular weight is 400 g/mol. The lowest BCUT2D eigenvalue weighted by molar-refractivity contribution is -0.141. The molecule has 0 aromatic carbocycles. The van der Waals surface area contributed by atoms with Crippen molar-refractivity contribution >= 4 is 27.7 Å². The molecule has 3 aliphatic rings. The van der Waals surface area contributed by atoms with E-state index in [1.165, 1.54) is 15.5 Å². The van der Waals surface area contributed by atoms with Gasteiger partial charge in [0.05, 0.1) is 18.1 Å². The van der Waals surface area contributed by atoms with Crippen LogP contribution in [0.15, 0.2) is 0 Å². The first kappa shape index (κ1) is 20.3. The Bertz CT molecular complexity index is 691. The Kier molecular flexibility index (Phi) is 5.90. The molecule has 2 unspecified atom stereocenters. The van der Waals surface area contributed by atoms with Gasteiger partial charge in [0, 0.05) is 39.1 Å². The second-order valence-electron chi connectivity index (χ2n) is 7.97. The highest BCUT2D eigenvalue weighted by Crippen LogP contribution is 2.38. The summed E-state index contributed by atoms with van der Waals surface area (Å²) in [6.45, 7) is 1.15. The Morgan fingerprint density at radius 2 is 1.56 bits per heavy atom. The zero-order chi connectivity index (χ0) is 19.8. The highest BCUT2D eigenvalue weighted by atomic mass is 32.2. The van der Waals surface area contributed by atoms with E-state index in [4.69, 9.17) is 0 Å². The molecule has 3 amide bonds. The topological polar surface area (TPSA) is 95.1 Å². The Morgan fingerprint density at radius 3 is 2.04 bits per heavy atom. The standard InChI is InChI=1S/C18H29N3O5S/c1-19(27(2,25)26)13-7-10-20(11-8-13)16(22)9-12-21-17(23)14-5-3-4-6-15(14)18(21)24/h13-15H,3-12H2,1-2H3. The van der Waals surface area contributed by atoms with Crippen LogP contribution in [0.1, 0.15) is 44.9 Å². The zero-order valence-electron chi connectivity index (χ0n) is 16.1. The summed E-state index contributed by atoms with van der Waals surface area (Å²) in [5, 5.41) is 0. The summed E-state index contributed by atoms with van der Waals surface area (Å²) in [6, 6.07) is -0.0890. The third-order valence-electron chi connectivity index (χ3n) is 6.34. The minimum atomic E-state index is -3.24. The average Bonchev–Trinajstić information content (AvgIpc) is 2.89. The molecule has 9 heteroatoms. The molecule has 2 aliphatic heterocycles. The number of likely N-dealkylation sites (tertiary alicyclic amines) is 2. The fourth-order valence-electron chi connectivity index (χ4n) is 4.57. The number of hydrogen-bond donors (Lipinski definition) is 0. The van der Waals surface area contributed by atoms with E-state index < -0.39 is 10.0 Å². The fourth-order valence-corrected chi connectivity index (χ4v) is 5.32. The highest BCUT2D eigenvalue weighted by Gasteiger charge is 2.47. The van der Waals surface area contributed by atoms with Gasteiger partial charge in [0.25, 0.3) is 0 Å². The van der Waals surface area contributed by atoms with Crippen molar-refractivity contribution in [2.75, 3.05) is 32.9 Å². The van der Waals surface area contributed by atoms with E-state index >= 15 is 0 Å². The van der Waals surface area contributed by atoms with Crippen molar-refractivity contribution in [2.45, 2.75) is 51.0 Å². The minimum absolute atomic E-state index is 0.0778. The van der Waals surface area contributed by atoms with Crippen LogP contribution in [0, 0.1) is 11.8 Å². The number of sulfonamides is 1. The Balaban J connectivity index is 1.49. The first-order valence-corrected chi connectivity index (χ1v) is 11.6. The van der Waals surface area contributed by atoms with Gasteiger partial charge < -0.3 is 4.90 Å². The van der Waals surface area contributed by atoms with E-state index in [0.29, 0.717) is 25.9 Å². The van der Waals surface area contributed by atoms with E-state index in [-0.39, 0.29) is 48.6 Å². The first-order valence-electron chi connectivity index (χ1n) is 9.76. The number of carbonyl (C=O) groups is 3. The van der Waals surface area contributed by atoms with Crippen LogP contribution in [0.5, 0.6) is 0 Å². The second kappa shape index (κ2) is 7.87. The largest absolute Gasteiger partial charge is 0.343 e. The molecule has 0 aromatic heterocycles. The van der Waals surface area contributed by atoms with E-state index in [1.54, 1.807) is 11.9 Å². The monoisotopic (exact) mass is 399 g/mol. The third kappa shape index (κ3) is 4.18. The molecule has 2 atom stereocenters.